The summed E-state index contributed by atoms with van der Waals surface area (Å²) in [6.45, 7) is 15.5. The number of nitrogens with one attached hydrogen (secondary N) is 3. The zero-order chi connectivity index (χ0) is 52.0. The molecule has 18 heteroatoms. The Morgan fingerprint density at radius 2 is 1.48 bits per heavy atom. The van der Waals surface area contributed by atoms with Gasteiger partial charge in [0.1, 0.15) is 29.0 Å². The second-order valence-electron chi connectivity index (χ2n) is 20.5. The Balaban J connectivity index is 0.799. The maximum atomic E-state index is 14.3. The number of aliphatic imine (C=N–C) groups is 1. The van der Waals surface area contributed by atoms with E-state index in [1.807, 2.05) is 112 Å². The van der Waals surface area contributed by atoms with E-state index in [2.05, 4.69) is 45.0 Å². The zero-order valence-electron chi connectivity index (χ0n) is 42.5. The van der Waals surface area contributed by atoms with E-state index in [1.165, 1.54) is 12.0 Å². The SMILES string of the molecule is COC(=O)C[C@@H]1N=C(c2ccc(-c3ccc(C(=O)NC4CC(C(=O)N[C@H](C(=O)N5C[C@H](O)C[C@H]5C(=O)N[C@@H](C)c5ccc(-c6scnc6C)cc5)C(C)(C)C)C4)cc3)cc2)c2c(sc(C)c2C)-n2c(C)nnc21. The van der Waals surface area contributed by atoms with Gasteiger partial charge >= 0.3 is 5.97 Å². The van der Waals surface area contributed by atoms with Gasteiger partial charge in [0.2, 0.25) is 17.7 Å². The van der Waals surface area contributed by atoms with Crippen molar-refractivity contribution in [1.82, 2.24) is 40.6 Å². The molecule has 0 unspecified atom stereocenters. The van der Waals surface area contributed by atoms with Gasteiger partial charge in [-0.2, -0.15) is 0 Å². The number of carbonyl (C=O) groups is 5. The highest BCUT2D eigenvalue weighted by atomic mass is 32.1. The number of thiazole rings is 1. The van der Waals surface area contributed by atoms with E-state index < -0.39 is 47.4 Å². The van der Waals surface area contributed by atoms with Crippen LogP contribution in [0.3, 0.4) is 0 Å². The monoisotopic (exact) mass is 1020 g/mol. The van der Waals surface area contributed by atoms with E-state index in [-0.39, 0.29) is 49.2 Å². The molecule has 0 bridgehead atoms. The Bertz CT molecular complexity index is 3110. The maximum absolute atomic E-state index is 14.3. The molecule has 2 aliphatic heterocycles. The molecular formula is C55H61N9O7S2. The van der Waals surface area contributed by atoms with Crippen molar-refractivity contribution in [2.24, 2.45) is 16.3 Å². The van der Waals surface area contributed by atoms with Gasteiger partial charge in [-0.25, -0.2) is 4.98 Å². The smallest absolute Gasteiger partial charge is 0.308 e. The first-order valence-electron chi connectivity index (χ1n) is 24.6. The van der Waals surface area contributed by atoms with Crippen molar-refractivity contribution >= 4 is 58.0 Å². The predicted octanol–water partition coefficient (Wildman–Crippen LogP) is 7.69. The summed E-state index contributed by atoms with van der Waals surface area (Å²) in [5.41, 5.74) is 10.1. The lowest BCUT2D eigenvalue weighted by Crippen LogP contribution is -2.60. The summed E-state index contributed by atoms with van der Waals surface area (Å²) in [5.74, 6) is -0.865. The first-order chi connectivity index (χ1) is 34.8. The zero-order valence-corrected chi connectivity index (χ0v) is 44.1. The quantitative estimate of drug-likeness (QED) is 0.0829. The van der Waals surface area contributed by atoms with Gasteiger partial charge in [0.15, 0.2) is 5.82 Å². The maximum Gasteiger partial charge on any atom is 0.308 e. The number of fused-ring (bicyclic) bond motifs is 3. The first-order valence-corrected chi connectivity index (χ1v) is 26.3. The van der Waals surface area contributed by atoms with Gasteiger partial charge in [-0.3, -0.25) is 33.5 Å². The number of esters is 1. The van der Waals surface area contributed by atoms with Crippen LogP contribution in [-0.2, 0) is 23.9 Å². The molecule has 380 valence electrons. The fourth-order valence-electron chi connectivity index (χ4n) is 9.89. The van der Waals surface area contributed by atoms with E-state index in [0.717, 1.165) is 65.1 Å². The van der Waals surface area contributed by atoms with Crippen molar-refractivity contribution in [3.63, 3.8) is 0 Å². The lowest BCUT2D eigenvalue weighted by Gasteiger charge is -2.39. The molecule has 9 rings (SSSR count). The number of aromatic nitrogens is 4. The van der Waals surface area contributed by atoms with Crippen LogP contribution in [0.4, 0.5) is 0 Å². The largest absolute Gasteiger partial charge is 0.469 e. The van der Waals surface area contributed by atoms with Crippen molar-refractivity contribution in [2.75, 3.05) is 13.7 Å². The third-order valence-corrected chi connectivity index (χ3v) is 16.5. The van der Waals surface area contributed by atoms with Crippen molar-refractivity contribution in [3.05, 3.63) is 128 Å². The molecule has 0 spiro atoms. The van der Waals surface area contributed by atoms with Gasteiger partial charge in [0.25, 0.3) is 5.91 Å². The highest BCUT2D eigenvalue weighted by molar-refractivity contribution is 7.15. The van der Waals surface area contributed by atoms with Crippen molar-refractivity contribution in [1.29, 1.82) is 0 Å². The molecule has 6 aromatic rings. The number of aliphatic hydroxyl groups is 1. The van der Waals surface area contributed by atoms with E-state index >= 15 is 0 Å². The second kappa shape index (κ2) is 20.6. The number of aryl methyl sites for hydroxylation is 3. The molecule has 1 saturated carbocycles. The molecule has 1 aliphatic carbocycles. The van der Waals surface area contributed by atoms with Crippen LogP contribution < -0.4 is 16.0 Å². The molecule has 0 radical (unpaired) electrons. The summed E-state index contributed by atoms with van der Waals surface area (Å²) in [4.78, 5) is 80.9. The van der Waals surface area contributed by atoms with E-state index in [0.29, 0.717) is 30.1 Å². The summed E-state index contributed by atoms with van der Waals surface area (Å²) >= 11 is 3.22. The second-order valence-corrected chi connectivity index (χ2v) is 22.6. The summed E-state index contributed by atoms with van der Waals surface area (Å²) in [7, 11) is 1.36. The Morgan fingerprint density at radius 3 is 2.11 bits per heavy atom. The number of β-amino-alcohol motifs (C(OH)–C–C–N with tert-alkyl or cyclic N) is 1. The van der Waals surface area contributed by atoms with Gasteiger partial charge in [-0.15, -0.1) is 32.9 Å². The van der Waals surface area contributed by atoms with Crippen LogP contribution in [0, 0.1) is 39.0 Å². The van der Waals surface area contributed by atoms with Gasteiger partial charge in [-0.1, -0.05) is 81.4 Å². The molecule has 73 heavy (non-hydrogen) atoms. The Labute approximate surface area is 432 Å². The molecule has 3 aromatic carbocycles. The molecule has 16 nitrogen and oxygen atoms in total. The summed E-state index contributed by atoms with van der Waals surface area (Å²) in [6, 6.07) is 20.3. The minimum absolute atomic E-state index is 0.0169. The molecule has 3 aromatic heterocycles. The lowest BCUT2D eigenvalue weighted by atomic mass is 9.78. The van der Waals surface area contributed by atoms with Crippen LogP contribution >= 0.6 is 22.7 Å². The number of carbonyl (C=O) groups excluding carboxylic acids is 5. The van der Waals surface area contributed by atoms with E-state index in [9.17, 15) is 29.1 Å². The fraction of sp³-hybridized carbons (Fsp3) is 0.400. The number of hydrogen-bond acceptors (Lipinski definition) is 13. The van der Waals surface area contributed by atoms with Crippen molar-refractivity contribution < 1.29 is 33.8 Å². The van der Waals surface area contributed by atoms with Gasteiger partial charge in [0.05, 0.1) is 47.5 Å². The summed E-state index contributed by atoms with van der Waals surface area (Å²) in [6.07, 6.45) is 0.0201. The molecule has 5 heterocycles. The van der Waals surface area contributed by atoms with Crippen LogP contribution in [0.1, 0.15) is 120 Å². The average molecular weight is 1020 g/mol. The van der Waals surface area contributed by atoms with Gasteiger partial charge < -0.3 is 30.7 Å². The third kappa shape index (κ3) is 10.4. The lowest BCUT2D eigenvalue weighted by molar-refractivity contribution is -0.145. The number of aliphatic hydroxyl groups excluding tert-OH is 1. The normalized spacial score (nSPS) is 20.1. The van der Waals surface area contributed by atoms with Crippen LogP contribution in [0.25, 0.3) is 26.6 Å². The summed E-state index contributed by atoms with van der Waals surface area (Å²) < 4.78 is 7.03. The van der Waals surface area contributed by atoms with Crippen molar-refractivity contribution in [2.45, 2.75) is 117 Å². The van der Waals surface area contributed by atoms with Gasteiger partial charge in [-0.05, 0) is 92.8 Å². The highest BCUT2D eigenvalue weighted by Gasteiger charge is 2.46. The molecule has 3 aliphatic rings. The first kappa shape index (κ1) is 51.0. The van der Waals surface area contributed by atoms with E-state index in [1.54, 1.807) is 34.8 Å². The van der Waals surface area contributed by atoms with Crippen LogP contribution in [0.5, 0.6) is 0 Å². The molecule has 5 atom stereocenters. The number of hydrogen-bond donors (Lipinski definition) is 4. The number of thiophene rings is 1. The highest BCUT2D eigenvalue weighted by Crippen LogP contribution is 2.40. The number of nitrogens with zero attached hydrogens (tertiary/aromatic N) is 6. The predicted molar refractivity (Wildman–Crippen MR) is 281 cm³/mol. The Hall–Kier alpha value is -6.89. The number of amides is 4. The molecule has 4 amide bonds. The number of likely N-dealkylation sites (tertiary alicyclic amines) is 1. The average Bonchev–Trinajstić information content (AvgIpc) is 4.13. The minimum atomic E-state index is -0.963. The molecular weight excluding hydrogens is 963 g/mol. The Kier molecular flexibility index (Phi) is 14.4. The standard InChI is InChI=1S/C55H61N9O7S2/c1-28-31(4)73-54-45(28)46(59-42(25-44(66)71-9)49-62-61-32(5)64(49)54)36-16-12-34(13-17-36)35-14-20-38(21-15-35)50(67)58-40-22-39(23-40)51(68)60-48(55(6,7)8)53(70)63-26-41(65)24-43(63)52(69)57-29(2)33-10-18-37(19-11-33)47-30(3)56-27-72-47/h10-21,27,29,39-43,48,65H,22-26H2,1-9H3,(H,57,69)(H,58,67)(H,60,68)/t29-,39?,40?,41+,42-,43-,48+/m0/s1. The molecule has 1 saturated heterocycles. The number of benzene rings is 3. The van der Waals surface area contributed by atoms with Crippen molar-refractivity contribution in [3.8, 4) is 26.6 Å². The number of ether oxygens (including phenoxy) is 1. The molecule has 2 fully saturated rings. The van der Waals surface area contributed by atoms with E-state index in [4.69, 9.17) is 9.73 Å². The fourth-order valence-corrected chi connectivity index (χ4v) is 11.9. The molecule has 4 N–H and O–H groups in total. The third-order valence-electron chi connectivity index (χ3n) is 14.4. The number of rotatable bonds is 13. The minimum Gasteiger partial charge on any atom is -0.469 e. The van der Waals surface area contributed by atoms with Crippen LogP contribution in [-0.4, -0.2) is 103 Å². The topological polar surface area (TPSA) is 210 Å². The van der Waals surface area contributed by atoms with Gasteiger partial charge in [0, 0.05) is 46.5 Å². The number of methoxy groups -OCH3 is 1. The van der Waals surface area contributed by atoms with Crippen LogP contribution in [0.2, 0.25) is 0 Å². The summed E-state index contributed by atoms with van der Waals surface area (Å²) in [5, 5.41) is 29.6. The van der Waals surface area contributed by atoms with Crippen LogP contribution in [0.15, 0.2) is 83.3 Å². The Morgan fingerprint density at radius 1 is 0.836 bits per heavy atom.